The van der Waals surface area contributed by atoms with Crippen molar-refractivity contribution in [2.24, 2.45) is 5.92 Å². The van der Waals surface area contributed by atoms with Gasteiger partial charge in [0.05, 0.1) is 5.92 Å². The maximum absolute atomic E-state index is 11.4. The Hall–Kier alpha value is -0.570. The highest BCUT2D eigenvalue weighted by Crippen LogP contribution is 2.00. The van der Waals surface area contributed by atoms with Gasteiger partial charge in [-0.05, 0) is 27.3 Å². The second-order valence-electron chi connectivity index (χ2n) is 3.33. The van der Waals surface area contributed by atoms with Crippen molar-refractivity contribution >= 4 is 5.91 Å². The van der Waals surface area contributed by atoms with Crippen LogP contribution < -0.4 is 10.6 Å². The smallest absolute Gasteiger partial charge is 0.224 e. The normalized spacial score (nSPS) is 13.1. The van der Waals surface area contributed by atoms with E-state index in [1.165, 1.54) is 0 Å². The van der Waals surface area contributed by atoms with Gasteiger partial charge in [0.15, 0.2) is 0 Å². The van der Waals surface area contributed by atoms with E-state index in [1.807, 2.05) is 27.8 Å². The van der Waals surface area contributed by atoms with Gasteiger partial charge in [0, 0.05) is 12.6 Å². The zero-order valence-corrected chi connectivity index (χ0v) is 8.48. The Bertz CT molecular complexity index is 134. The van der Waals surface area contributed by atoms with E-state index in [0.29, 0.717) is 0 Å². The summed E-state index contributed by atoms with van der Waals surface area (Å²) in [6, 6.07) is 0.239. The summed E-state index contributed by atoms with van der Waals surface area (Å²) in [7, 11) is 1.87. The maximum Gasteiger partial charge on any atom is 0.224 e. The lowest BCUT2D eigenvalue weighted by Crippen LogP contribution is -2.39. The molecule has 0 aliphatic carbocycles. The van der Waals surface area contributed by atoms with Crippen LogP contribution in [0.2, 0.25) is 0 Å². The molecule has 1 amide bonds. The molecule has 0 aliphatic rings. The predicted molar refractivity (Wildman–Crippen MR) is 51.0 cm³/mol. The Balaban J connectivity index is 3.85. The molecule has 72 valence electrons. The first kappa shape index (κ1) is 11.4. The molecule has 2 N–H and O–H groups in total. The standard InChI is InChI=1S/C9H20N2O/c1-5-8(6-10-4)9(12)11-7(2)3/h7-8,10H,5-6H2,1-4H3,(H,11,12). The van der Waals surface area contributed by atoms with Gasteiger partial charge in [0.2, 0.25) is 5.91 Å². The number of amides is 1. The molecule has 1 atom stereocenters. The minimum atomic E-state index is 0.109. The predicted octanol–water partition coefficient (Wildman–Crippen LogP) is 0.757. The molecule has 0 rings (SSSR count). The average Bonchev–Trinajstić information content (AvgIpc) is 1.98. The second kappa shape index (κ2) is 6.00. The molecular weight excluding hydrogens is 152 g/mol. The molecule has 0 radical (unpaired) electrons. The van der Waals surface area contributed by atoms with Crippen LogP contribution in [-0.4, -0.2) is 25.5 Å². The van der Waals surface area contributed by atoms with E-state index in [1.54, 1.807) is 0 Å². The Labute approximate surface area is 74.9 Å². The third kappa shape index (κ3) is 4.34. The van der Waals surface area contributed by atoms with E-state index >= 15 is 0 Å². The second-order valence-corrected chi connectivity index (χ2v) is 3.33. The molecule has 0 aromatic rings. The first-order valence-electron chi connectivity index (χ1n) is 4.56. The van der Waals surface area contributed by atoms with Crippen LogP contribution in [0.5, 0.6) is 0 Å². The Morgan fingerprint density at radius 2 is 2.00 bits per heavy atom. The van der Waals surface area contributed by atoms with Crippen molar-refractivity contribution in [3.8, 4) is 0 Å². The van der Waals surface area contributed by atoms with Crippen LogP contribution in [0.1, 0.15) is 27.2 Å². The summed E-state index contributed by atoms with van der Waals surface area (Å²) in [6.07, 6.45) is 0.888. The van der Waals surface area contributed by atoms with Gasteiger partial charge < -0.3 is 10.6 Å². The monoisotopic (exact) mass is 172 g/mol. The highest BCUT2D eigenvalue weighted by molar-refractivity contribution is 5.79. The first-order valence-corrected chi connectivity index (χ1v) is 4.56. The van der Waals surface area contributed by atoms with Crippen LogP contribution in [0.4, 0.5) is 0 Å². The zero-order valence-electron chi connectivity index (χ0n) is 8.48. The molecule has 1 unspecified atom stereocenters. The fourth-order valence-electron chi connectivity index (χ4n) is 1.07. The van der Waals surface area contributed by atoms with Gasteiger partial charge in [-0.2, -0.15) is 0 Å². The summed E-state index contributed by atoms with van der Waals surface area (Å²) in [5.41, 5.74) is 0. The molecule has 0 bridgehead atoms. The highest BCUT2D eigenvalue weighted by atomic mass is 16.1. The molecule has 3 nitrogen and oxygen atoms in total. The fraction of sp³-hybridized carbons (Fsp3) is 0.889. The number of nitrogens with one attached hydrogen (secondary N) is 2. The minimum absolute atomic E-state index is 0.109. The van der Waals surface area contributed by atoms with Crippen molar-refractivity contribution < 1.29 is 4.79 Å². The Morgan fingerprint density at radius 1 is 1.42 bits per heavy atom. The number of hydrogen-bond acceptors (Lipinski definition) is 2. The average molecular weight is 172 g/mol. The quantitative estimate of drug-likeness (QED) is 0.642. The van der Waals surface area contributed by atoms with Gasteiger partial charge in [-0.1, -0.05) is 6.92 Å². The van der Waals surface area contributed by atoms with Gasteiger partial charge >= 0.3 is 0 Å². The largest absolute Gasteiger partial charge is 0.354 e. The summed E-state index contributed by atoms with van der Waals surface area (Å²) >= 11 is 0. The molecule has 0 aromatic carbocycles. The van der Waals surface area contributed by atoms with Crippen molar-refractivity contribution in [1.29, 1.82) is 0 Å². The molecule has 3 heteroatoms. The molecule has 0 spiro atoms. The number of hydrogen-bond donors (Lipinski definition) is 2. The van der Waals surface area contributed by atoms with Crippen LogP contribution in [0.15, 0.2) is 0 Å². The van der Waals surface area contributed by atoms with Gasteiger partial charge in [-0.15, -0.1) is 0 Å². The van der Waals surface area contributed by atoms with Gasteiger partial charge in [0.25, 0.3) is 0 Å². The van der Waals surface area contributed by atoms with E-state index in [-0.39, 0.29) is 17.9 Å². The molecule has 12 heavy (non-hydrogen) atoms. The fourth-order valence-corrected chi connectivity index (χ4v) is 1.07. The van der Waals surface area contributed by atoms with Crippen LogP contribution in [0.25, 0.3) is 0 Å². The summed E-state index contributed by atoms with van der Waals surface area (Å²) in [6.45, 7) is 6.74. The highest BCUT2D eigenvalue weighted by Gasteiger charge is 2.15. The summed E-state index contributed by atoms with van der Waals surface area (Å²) in [5, 5.41) is 5.91. The lowest BCUT2D eigenvalue weighted by Gasteiger charge is -2.16. The summed E-state index contributed by atoms with van der Waals surface area (Å²) in [5.74, 6) is 0.263. The number of rotatable bonds is 5. The molecule has 0 fully saturated rings. The van der Waals surface area contributed by atoms with Crippen LogP contribution >= 0.6 is 0 Å². The molecular formula is C9H20N2O. The first-order chi connectivity index (χ1) is 5.61. The lowest BCUT2D eigenvalue weighted by atomic mass is 10.1. The van der Waals surface area contributed by atoms with Crippen molar-refractivity contribution in [2.75, 3.05) is 13.6 Å². The van der Waals surface area contributed by atoms with Crippen LogP contribution in [-0.2, 0) is 4.79 Å². The van der Waals surface area contributed by atoms with Crippen LogP contribution in [0, 0.1) is 5.92 Å². The van der Waals surface area contributed by atoms with Crippen LogP contribution in [0.3, 0.4) is 0 Å². The maximum atomic E-state index is 11.4. The third-order valence-electron chi connectivity index (χ3n) is 1.75. The lowest BCUT2D eigenvalue weighted by molar-refractivity contribution is -0.125. The van der Waals surface area contributed by atoms with Crippen molar-refractivity contribution in [2.45, 2.75) is 33.2 Å². The topological polar surface area (TPSA) is 41.1 Å². The number of carbonyl (C=O) groups is 1. The summed E-state index contributed by atoms with van der Waals surface area (Å²) in [4.78, 5) is 11.4. The van der Waals surface area contributed by atoms with Gasteiger partial charge in [-0.25, -0.2) is 0 Å². The van der Waals surface area contributed by atoms with Gasteiger partial charge in [0.1, 0.15) is 0 Å². The minimum Gasteiger partial charge on any atom is -0.354 e. The molecule has 0 saturated carbocycles. The van der Waals surface area contributed by atoms with E-state index in [4.69, 9.17) is 0 Å². The summed E-state index contributed by atoms with van der Waals surface area (Å²) < 4.78 is 0. The van der Waals surface area contributed by atoms with Crippen molar-refractivity contribution in [3.05, 3.63) is 0 Å². The van der Waals surface area contributed by atoms with E-state index < -0.39 is 0 Å². The third-order valence-corrected chi connectivity index (χ3v) is 1.75. The number of carbonyl (C=O) groups excluding carboxylic acids is 1. The Morgan fingerprint density at radius 3 is 2.33 bits per heavy atom. The zero-order chi connectivity index (χ0) is 9.56. The van der Waals surface area contributed by atoms with E-state index in [0.717, 1.165) is 13.0 Å². The van der Waals surface area contributed by atoms with E-state index in [2.05, 4.69) is 10.6 Å². The van der Waals surface area contributed by atoms with Crippen molar-refractivity contribution in [3.63, 3.8) is 0 Å². The molecule has 0 aromatic heterocycles. The SMILES string of the molecule is CCC(CNC)C(=O)NC(C)C. The molecule has 0 aliphatic heterocycles. The Kier molecular flexibility index (Phi) is 5.72. The van der Waals surface area contributed by atoms with Gasteiger partial charge in [-0.3, -0.25) is 4.79 Å². The van der Waals surface area contributed by atoms with E-state index in [9.17, 15) is 4.79 Å². The van der Waals surface area contributed by atoms with Crippen molar-refractivity contribution in [1.82, 2.24) is 10.6 Å². The molecule has 0 saturated heterocycles. The molecule has 0 heterocycles.